The zero-order chi connectivity index (χ0) is 15.1. The molecule has 0 bridgehead atoms. The van der Waals surface area contributed by atoms with E-state index in [1.807, 2.05) is 31.2 Å². The van der Waals surface area contributed by atoms with Crippen molar-refractivity contribution in [2.24, 2.45) is 5.92 Å². The van der Waals surface area contributed by atoms with Gasteiger partial charge in [-0.05, 0) is 50.8 Å². The highest BCUT2D eigenvalue weighted by Crippen LogP contribution is 2.31. The van der Waals surface area contributed by atoms with Crippen molar-refractivity contribution in [2.75, 3.05) is 13.2 Å². The molecule has 0 aliphatic heterocycles. The molecule has 1 N–H and O–H groups in total. The molecule has 1 saturated carbocycles. The van der Waals surface area contributed by atoms with E-state index in [0.29, 0.717) is 12.6 Å². The van der Waals surface area contributed by atoms with E-state index in [0.717, 1.165) is 30.4 Å². The van der Waals surface area contributed by atoms with E-state index in [1.165, 1.54) is 19.3 Å². The monoisotopic (exact) mass is 291 g/mol. The molecule has 1 fully saturated rings. The van der Waals surface area contributed by atoms with Gasteiger partial charge in [0.1, 0.15) is 17.6 Å². The molecule has 3 heteroatoms. The summed E-state index contributed by atoms with van der Waals surface area (Å²) in [7, 11) is 0. The number of rotatable bonds is 7. The van der Waals surface area contributed by atoms with Crippen LogP contribution in [0.3, 0.4) is 0 Å². The van der Waals surface area contributed by atoms with Gasteiger partial charge in [0.15, 0.2) is 0 Å². The molecule has 3 atom stereocenters. The van der Waals surface area contributed by atoms with Crippen LogP contribution in [0.1, 0.15) is 46.5 Å². The Morgan fingerprint density at radius 1 is 1.14 bits per heavy atom. The van der Waals surface area contributed by atoms with Crippen LogP contribution >= 0.6 is 0 Å². The van der Waals surface area contributed by atoms with Crippen molar-refractivity contribution in [1.29, 1.82) is 0 Å². The summed E-state index contributed by atoms with van der Waals surface area (Å²) < 4.78 is 11.9. The molecule has 0 heterocycles. The number of likely N-dealkylation sites (N-methyl/N-ethyl adjacent to an activating group) is 1. The lowest BCUT2D eigenvalue weighted by atomic mass is 9.82. The Morgan fingerprint density at radius 2 is 1.95 bits per heavy atom. The van der Waals surface area contributed by atoms with Crippen LogP contribution in [0.2, 0.25) is 0 Å². The summed E-state index contributed by atoms with van der Waals surface area (Å²) in [5, 5.41) is 3.58. The molecule has 1 aromatic carbocycles. The molecule has 1 aliphatic rings. The lowest BCUT2D eigenvalue weighted by molar-refractivity contribution is 0.0854. The van der Waals surface area contributed by atoms with Gasteiger partial charge in [-0.15, -0.1) is 0 Å². The SMILES string of the molecule is CCNC1CCC(CC)CC1Oc1cccc(OCC)c1. The minimum Gasteiger partial charge on any atom is -0.494 e. The minimum atomic E-state index is 0.264. The summed E-state index contributed by atoms with van der Waals surface area (Å²) in [4.78, 5) is 0. The highest BCUT2D eigenvalue weighted by atomic mass is 16.5. The van der Waals surface area contributed by atoms with Crippen LogP contribution in [0, 0.1) is 5.92 Å². The second-order valence-corrected chi connectivity index (χ2v) is 5.82. The Labute approximate surface area is 129 Å². The summed E-state index contributed by atoms with van der Waals surface area (Å²) in [5.74, 6) is 2.60. The van der Waals surface area contributed by atoms with Crippen molar-refractivity contribution in [3.05, 3.63) is 24.3 Å². The first-order valence-electron chi connectivity index (χ1n) is 8.39. The topological polar surface area (TPSA) is 30.5 Å². The second-order valence-electron chi connectivity index (χ2n) is 5.82. The number of ether oxygens (including phenoxy) is 2. The Hall–Kier alpha value is -1.22. The van der Waals surface area contributed by atoms with Gasteiger partial charge in [0.05, 0.1) is 6.61 Å². The maximum atomic E-state index is 6.30. The fourth-order valence-electron chi connectivity index (χ4n) is 3.19. The predicted octanol–water partition coefficient (Wildman–Crippen LogP) is 4.02. The maximum Gasteiger partial charge on any atom is 0.123 e. The number of nitrogens with one attached hydrogen (secondary N) is 1. The largest absolute Gasteiger partial charge is 0.494 e. The molecule has 0 amide bonds. The van der Waals surface area contributed by atoms with Gasteiger partial charge in [-0.2, -0.15) is 0 Å². The lowest BCUT2D eigenvalue weighted by Gasteiger charge is -2.36. The number of hydrogen-bond donors (Lipinski definition) is 1. The van der Waals surface area contributed by atoms with Gasteiger partial charge in [0.25, 0.3) is 0 Å². The summed E-state index contributed by atoms with van der Waals surface area (Å²) in [5.41, 5.74) is 0. The average molecular weight is 291 g/mol. The molecule has 0 radical (unpaired) electrons. The van der Waals surface area contributed by atoms with E-state index in [4.69, 9.17) is 9.47 Å². The first-order chi connectivity index (χ1) is 10.3. The molecule has 0 aromatic heterocycles. The lowest BCUT2D eigenvalue weighted by Crippen LogP contribution is -2.47. The first-order valence-corrected chi connectivity index (χ1v) is 8.39. The Bertz CT molecular complexity index is 421. The van der Waals surface area contributed by atoms with Crippen molar-refractivity contribution in [3.63, 3.8) is 0 Å². The standard InChI is InChI=1S/C18H29NO2/c1-4-14-10-11-17(19-5-2)18(12-14)21-16-9-7-8-15(13-16)20-6-3/h7-9,13-14,17-19H,4-6,10-12H2,1-3H3. The molecule has 2 rings (SSSR count). The Morgan fingerprint density at radius 3 is 2.67 bits per heavy atom. The normalized spacial score (nSPS) is 25.6. The van der Waals surface area contributed by atoms with Crippen molar-refractivity contribution >= 4 is 0 Å². The minimum absolute atomic E-state index is 0.264. The molecule has 1 aromatic rings. The van der Waals surface area contributed by atoms with Gasteiger partial charge >= 0.3 is 0 Å². The van der Waals surface area contributed by atoms with Gasteiger partial charge in [0, 0.05) is 12.1 Å². The Balaban J connectivity index is 2.04. The second kappa shape index (κ2) is 8.28. The molecular weight excluding hydrogens is 262 g/mol. The summed E-state index contributed by atoms with van der Waals surface area (Å²) in [6.45, 7) is 8.14. The molecule has 0 spiro atoms. The molecule has 21 heavy (non-hydrogen) atoms. The number of benzene rings is 1. The van der Waals surface area contributed by atoms with Crippen LogP contribution < -0.4 is 14.8 Å². The average Bonchev–Trinajstić information content (AvgIpc) is 2.50. The van der Waals surface area contributed by atoms with Crippen LogP contribution in [0.5, 0.6) is 11.5 Å². The van der Waals surface area contributed by atoms with Gasteiger partial charge in [-0.3, -0.25) is 0 Å². The van der Waals surface area contributed by atoms with Crippen molar-refractivity contribution in [2.45, 2.75) is 58.6 Å². The van der Waals surface area contributed by atoms with Crippen LogP contribution in [0.15, 0.2) is 24.3 Å². The van der Waals surface area contributed by atoms with Gasteiger partial charge in [-0.25, -0.2) is 0 Å². The third-order valence-electron chi connectivity index (χ3n) is 4.35. The van der Waals surface area contributed by atoms with Crippen LogP contribution in [0.4, 0.5) is 0 Å². The van der Waals surface area contributed by atoms with E-state index in [-0.39, 0.29) is 6.10 Å². The smallest absolute Gasteiger partial charge is 0.123 e. The quantitative estimate of drug-likeness (QED) is 0.823. The molecule has 3 unspecified atom stereocenters. The van der Waals surface area contributed by atoms with E-state index >= 15 is 0 Å². The molecule has 1 aliphatic carbocycles. The predicted molar refractivity (Wildman–Crippen MR) is 87.1 cm³/mol. The summed E-state index contributed by atoms with van der Waals surface area (Å²) in [6, 6.07) is 8.48. The zero-order valence-electron chi connectivity index (χ0n) is 13.6. The summed E-state index contributed by atoms with van der Waals surface area (Å²) >= 11 is 0. The van der Waals surface area contributed by atoms with E-state index in [2.05, 4.69) is 19.2 Å². The first kappa shape index (κ1) is 16.2. The van der Waals surface area contributed by atoms with Crippen molar-refractivity contribution in [1.82, 2.24) is 5.32 Å². The highest BCUT2D eigenvalue weighted by molar-refractivity contribution is 5.33. The van der Waals surface area contributed by atoms with E-state index < -0.39 is 0 Å². The van der Waals surface area contributed by atoms with Gasteiger partial charge < -0.3 is 14.8 Å². The van der Waals surface area contributed by atoms with Gasteiger partial charge in [-0.1, -0.05) is 26.3 Å². The van der Waals surface area contributed by atoms with Crippen molar-refractivity contribution < 1.29 is 9.47 Å². The zero-order valence-corrected chi connectivity index (χ0v) is 13.6. The Kier molecular flexibility index (Phi) is 6.37. The highest BCUT2D eigenvalue weighted by Gasteiger charge is 2.30. The van der Waals surface area contributed by atoms with Crippen molar-refractivity contribution in [3.8, 4) is 11.5 Å². The van der Waals surface area contributed by atoms with Gasteiger partial charge in [0.2, 0.25) is 0 Å². The fourth-order valence-corrected chi connectivity index (χ4v) is 3.19. The van der Waals surface area contributed by atoms with Crippen LogP contribution in [-0.4, -0.2) is 25.3 Å². The van der Waals surface area contributed by atoms with Crippen LogP contribution in [-0.2, 0) is 0 Å². The third-order valence-corrected chi connectivity index (χ3v) is 4.35. The molecule has 3 nitrogen and oxygen atoms in total. The maximum absolute atomic E-state index is 6.30. The molecule has 118 valence electrons. The summed E-state index contributed by atoms with van der Waals surface area (Å²) in [6.07, 6.45) is 5.18. The molecule has 0 saturated heterocycles. The number of hydrogen-bond acceptors (Lipinski definition) is 3. The fraction of sp³-hybridized carbons (Fsp3) is 0.667. The third kappa shape index (κ3) is 4.63. The molecular formula is C18H29NO2. The van der Waals surface area contributed by atoms with E-state index in [1.54, 1.807) is 0 Å². The van der Waals surface area contributed by atoms with Crippen LogP contribution in [0.25, 0.3) is 0 Å². The van der Waals surface area contributed by atoms with E-state index in [9.17, 15) is 0 Å².